The maximum atomic E-state index is 12.8. The minimum atomic E-state index is -0.947. The lowest BCUT2D eigenvalue weighted by Gasteiger charge is -2.03. The van der Waals surface area contributed by atoms with Gasteiger partial charge in [0.1, 0.15) is 17.3 Å². The molecule has 0 radical (unpaired) electrons. The molecule has 0 aliphatic carbocycles. The van der Waals surface area contributed by atoms with E-state index in [4.69, 9.17) is 9.52 Å². The summed E-state index contributed by atoms with van der Waals surface area (Å²) in [4.78, 5) is 10.9. The van der Waals surface area contributed by atoms with Crippen molar-refractivity contribution in [1.29, 1.82) is 0 Å². The van der Waals surface area contributed by atoms with Crippen LogP contribution in [0, 0.1) is 5.82 Å². The van der Waals surface area contributed by atoms with E-state index in [9.17, 15) is 9.18 Å². The van der Waals surface area contributed by atoms with Gasteiger partial charge in [-0.2, -0.15) is 0 Å². The van der Waals surface area contributed by atoms with Crippen LogP contribution in [0.1, 0.15) is 21.7 Å². The molecule has 2 aromatic carbocycles. The molecule has 0 aliphatic heterocycles. The zero-order chi connectivity index (χ0) is 17.6. The number of hydrogen-bond acceptors (Lipinski definition) is 3. The van der Waals surface area contributed by atoms with Crippen LogP contribution in [0.5, 0.6) is 0 Å². The Labute approximate surface area is 144 Å². The van der Waals surface area contributed by atoms with E-state index >= 15 is 0 Å². The second-order valence-electron chi connectivity index (χ2n) is 5.70. The first-order valence-corrected chi connectivity index (χ1v) is 7.99. The van der Waals surface area contributed by atoms with E-state index < -0.39 is 5.97 Å². The molecule has 4 nitrogen and oxygen atoms in total. The van der Waals surface area contributed by atoms with Gasteiger partial charge in [-0.3, -0.25) is 0 Å². The first kappa shape index (κ1) is 16.9. The zero-order valence-corrected chi connectivity index (χ0v) is 13.5. The normalized spacial score (nSPS) is 10.8. The molecule has 3 rings (SSSR count). The summed E-state index contributed by atoms with van der Waals surface area (Å²) in [6, 6.07) is 16.8. The summed E-state index contributed by atoms with van der Waals surface area (Å²) in [6.07, 6.45) is 0.810. The topological polar surface area (TPSA) is 62.5 Å². The SMILES string of the molecule is O=C(O)c1ccc(-c2ccc(CNCCc3ccc(F)cc3)o2)cc1. The maximum absolute atomic E-state index is 12.8. The van der Waals surface area contributed by atoms with Crippen LogP contribution in [0.15, 0.2) is 65.1 Å². The molecule has 2 N–H and O–H groups in total. The van der Waals surface area contributed by atoms with Crippen LogP contribution in [-0.2, 0) is 13.0 Å². The van der Waals surface area contributed by atoms with Gasteiger partial charge >= 0.3 is 5.97 Å². The van der Waals surface area contributed by atoms with E-state index in [2.05, 4.69) is 5.32 Å². The lowest BCUT2D eigenvalue weighted by atomic mass is 10.1. The van der Waals surface area contributed by atoms with Gasteiger partial charge in [0, 0.05) is 5.56 Å². The first-order valence-electron chi connectivity index (χ1n) is 7.99. The molecule has 25 heavy (non-hydrogen) atoms. The fourth-order valence-corrected chi connectivity index (χ4v) is 2.50. The number of carboxylic acid groups (broad SMARTS) is 1. The predicted molar refractivity (Wildman–Crippen MR) is 92.9 cm³/mol. The number of aromatic carboxylic acids is 1. The summed E-state index contributed by atoms with van der Waals surface area (Å²) < 4.78 is 18.6. The summed E-state index contributed by atoms with van der Waals surface area (Å²) in [7, 11) is 0. The molecule has 5 heteroatoms. The van der Waals surface area contributed by atoms with Gasteiger partial charge in [0.25, 0.3) is 0 Å². The minimum absolute atomic E-state index is 0.226. The highest BCUT2D eigenvalue weighted by atomic mass is 19.1. The molecule has 0 bridgehead atoms. The molecule has 0 fully saturated rings. The van der Waals surface area contributed by atoms with Crippen molar-refractivity contribution in [2.24, 2.45) is 0 Å². The number of halogens is 1. The van der Waals surface area contributed by atoms with Gasteiger partial charge < -0.3 is 14.8 Å². The first-order chi connectivity index (χ1) is 12.1. The average Bonchev–Trinajstić information content (AvgIpc) is 3.09. The minimum Gasteiger partial charge on any atom is -0.478 e. The summed E-state index contributed by atoms with van der Waals surface area (Å²) in [5.41, 5.74) is 2.16. The third kappa shape index (κ3) is 4.55. The van der Waals surface area contributed by atoms with E-state index in [1.807, 2.05) is 12.1 Å². The van der Waals surface area contributed by atoms with Crippen molar-refractivity contribution in [2.45, 2.75) is 13.0 Å². The highest BCUT2D eigenvalue weighted by molar-refractivity contribution is 5.88. The Bertz CT molecular complexity index is 838. The highest BCUT2D eigenvalue weighted by Crippen LogP contribution is 2.22. The molecular formula is C20H18FNO3. The van der Waals surface area contributed by atoms with E-state index in [0.29, 0.717) is 12.3 Å². The van der Waals surface area contributed by atoms with Gasteiger partial charge in [0.15, 0.2) is 0 Å². The number of hydrogen-bond donors (Lipinski definition) is 2. The maximum Gasteiger partial charge on any atom is 0.335 e. The largest absolute Gasteiger partial charge is 0.478 e. The fraction of sp³-hybridized carbons (Fsp3) is 0.150. The van der Waals surface area contributed by atoms with Gasteiger partial charge in [-0.1, -0.05) is 24.3 Å². The Morgan fingerprint density at radius 3 is 2.40 bits per heavy atom. The van der Waals surface area contributed by atoms with Crippen LogP contribution in [0.2, 0.25) is 0 Å². The van der Waals surface area contributed by atoms with Gasteiger partial charge in [0.2, 0.25) is 0 Å². The number of carboxylic acids is 1. The van der Waals surface area contributed by atoms with Gasteiger partial charge in [0.05, 0.1) is 12.1 Å². The summed E-state index contributed by atoms with van der Waals surface area (Å²) in [5, 5.41) is 12.2. The molecule has 1 aromatic heterocycles. The average molecular weight is 339 g/mol. The second kappa shape index (κ2) is 7.77. The summed E-state index contributed by atoms with van der Waals surface area (Å²) in [5.74, 6) is 0.331. The Kier molecular flexibility index (Phi) is 5.26. The molecule has 128 valence electrons. The number of benzene rings is 2. The molecule has 0 saturated carbocycles. The Morgan fingerprint density at radius 2 is 1.72 bits per heavy atom. The van der Waals surface area contributed by atoms with Crippen molar-refractivity contribution in [3.05, 3.63) is 83.4 Å². The molecule has 0 saturated heterocycles. The fourth-order valence-electron chi connectivity index (χ4n) is 2.50. The third-order valence-electron chi connectivity index (χ3n) is 3.88. The van der Waals surface area contributed by atoms with Crippen molar-refractivity contribution in [1.82, 2.24) is 5.32 Å². The van der Waals surface area contributed by atoms with Gasteiger partial charge in [-0.05, 0) is 54.9 Å². The Hall–Kier alpha value is -2.92. The van der Waals surface area contributed by atoms with E-state index in [1.165, 1.54) is 12.1 Å². The van der Waals surface area contributed by atoms with E-state index in [-0.39, 0.29) is 11.4 Å². The van der Waals surface area contributed by atoms with Crippen molar-refractivity contribution >= 4 is 5.97 Å². The van der Waals surface area contributed by atoms with Crippen LogP contribution < -0.4 is 5.32 Å². The molecule has 0 aliphatic rings. The van der Waals surface area contributed by atoms with Crippen LogP contribution >= 0.6 is 0 Å². The molecule has 0 unspecified atom stereocenters. The van der Waals surface area contributed by atoms with Crippen molar-refractivity contribution in [3.63, 3.8) is 0 Å². The monoisotopic (exact) mass is 339 g/mol. The Morgan fingerprint density at radius 1 is 1.00 bits per heavy atom. The zero-order valence-electron chi connectivity index (χ0n) is 13.5. The lowest BCUT2D eigenvalue weighted by molar-refractivity contribution is 0.0697. The van der Waals surface area contributed by atoms with Gasteiger partial charge in [-0.15, -0.1) is 0 Å². The van der Waals surface area contributed by atoms with Crippen LogP contribution in [0.3, 0.4) is 0 Å². The van der Waals surface area contributed by atoms with Crippen LogP contribution in [0.25, 0.3) is 11.3 Å². The number of furan rings is 1. The molecule has 0 spiro atoms. The smallest absolute Gasteiger partial charge is 0.335 e. The van der Waals surface area contributed by atoms with Crippen LogP contribution in [-0.4, -0.2) is 17.6 Å². The quantitative estimate of drug-likeness (QED) is 0.636. The predicted octanol–water partition coefficient (Wildman–Crippen LogP) is 4.12. The molecule has 0 amide bonds. The van der Waals surface area contributed by atoms with Gasteiger partial charge in [-0.25, -0.2) is 9.18 Å². The van der Waals surface area contributed by atoms with Crippen molar-refractivity contribution in [2.75, 3.05) is 6.54 Å². The third-order valence-corrected chi connectivity index (χ3v) is 3.88. The number of rotatable bonds is 7. The molecule has 1 heterocycles. The van der Waals surface area contributed by atoms with Crippen molar-refractivity contribution < 1.29 is 18.7 Å². The number of nitrogens with one attached hydrogen (secondary N) is 1. The summed E-state index contributed by atoms with van der Waals surface area (Å²) >= 11 is 0. The van der Waals surface area contributed by atoms with Crippen LogP contribution in [0.4, 0.5) is 4.39 Å². The lowest BCUT2D eigenvalue weighted by Crippen LogP contribution is -2.16. The standard InChI is InChI=1S/C20H18FNO3/c21-17-7-1-14(2-8-17)11-12-22-13-18-9-10-19(25-18)15-3-5-16(6-4-15)20(23)24/h1-10,22H,11-13H2,(H,23,24). The second-order valence-corrected chi connectivity index (χ2v) is 5.70. The molecule has 3 aromatic rings. The summed E-state index contributed by atoms with van der Waals surface area (Å²) in [6.45, 7) is 1.35. The molecule has 0 atom stereocenters. The highest BCUT2D eigenvalue weighted by Gasteiger charge is 2.07. The van der Waals surface area contributed by atoms with E-state index in [1.54, 1.807) is 36.4 Å². The Balaban J connectivity index is 1.51. The van der Waals surface area contributed by atoms with Crippen molar-refractivity contribution in [3.8, 4) is 11.3 Å². The van der Waals surface area contributed by atoms with E-state index in [0.717, 1.165) is 29.9 Å². The molecular weight excluding hydrogens is 321 g/mol. The number of carbonyl (C=O) groups is 1.